The zero-order valence-corrected chi connectivity index (χ0v) is 10.4. The first kappa shape index (κ1) is 13.3. The van der Waals surface area contributed by atoms with Gasteiger partial charge in [0, 0.05) is 11.4 Å². The van der Waals surface area contributed by atoms with Crippen LogP contribution >= 0.6 is 11.6 Å². The summed E-state index contributed by atoms with van der Waals surface area (Å²) in [5.41, 5.74) is 6.46. The number of rotatable bonds is 4. The van der Waals surface area contributed by atoms with Gasteiger partial charge in [-0.15, -0.1) is 11.6 Å². The minimum Gasteiger partial charge on any atom is -0.399 e. The van der Waals surface area contributed by atoms with Gasteiger partial charge in [-0.2, -0.15) is 0 Å². The lowest BCUT2D eigenvalue weighted by Gasteiger charge is -2.17. The van der Waals surface area contributed by atoms with E-state index in [1.807, 2.05) is 0 Å². The average Bonchev–Trinajstić information content (AvgIpc) is 2.28. The Kier molecular flexibility index (Phi) is 4.18. The van der Waals surface area contributed by atoms with E-state index in [0.717, 1.165) is 0 Å². The maximum absolute atomic E-state index is 11.5. The van der Waals surface area contributed by atoms with Crippen LogP contribution in [0.5, 0.6) is 0 Å². The van der Waals surface area contributed by atoms with Crippen molar-refractivity contribution in [1.29, 1.82) is 0 Å². The lowest BCUT2D eigenvalue weighted by molar-refractivity contribution is 0.192. The highest BCUT2D eigenvalue weighted by atomic mass is 35.5. The van der Waals surface area contributed by atoms with Crippen molar-refractivity contribution >= 4 is 27.1 Å². The highest BCUT2D eigenvalue weighted by Gasteiger charge is 2.29. The predicted molar refractivity (Wildman–Crippen MR) is 64.9 cm³/mol. The summed E-state index contributed by atoms with van der Waals surface area (Å²) in [7, 11) is -3.47. The van der Waals surface area contributed by atoms with E-state index in [1.54, 1.807) is 24.3 Å². The molecule has 0 aliphatic rings. The van der Waals surface area contributed by atoms with E-state index in [0.29, 0.717) is 11.3 Å². The van der Waals surface area contributed by atoms with Gasteiger partial charge < -0.3 is 10.8 Å². The second-order valence-corrected chi connectivity index (χ2v) is 6.55. The SMILES string of the molecule is CCS(=O)(=O)[C@H](Cl)[C@H](O)c1ccc(N)cc1. The van der Waals surface area contributed by atoms with Crippen LogP contribution in [-0.4, -0.2) is 24.0 Å². The Morgan fingerprint density at radius 1 is 1.38 bits per heavy atom. The van der Waals surface area contributed by atoms with Gasteiger partial charge in [0.1, 0.15) is 6.10 Å². The van der Waals surface area contributed by atoms with Gasteiger partial charge in [-0.25, -0.2) is 8.42 Å². The number of aliphatic hydroxyl groups excluding tert-OH is 1. The van der Waals surface area contributed by atoms with Gasteiger partial charge in [0.2, 0.25) is 0 Å². The molecular weight excluding hydrogens is 250 g/mol. The molecule has 0 amide bonds. The van der Waals surface area contributed by atoms with Crippen LogP contribution in [0.3, 0.4) is 0 Å². The molecule has 4 nitrogen and oxygen atoms in total. The average molecular weight is 264 g/mol. The number of aliphatic hydroxyl groups is 1. The third-order valence-electron chi connectivity index (χ3n) is 2.27. The number of nitrogen functional groups attached to an aromatic ring is 1. The smallest absolute Gasteiger partial charge is 0.169 e. The summed E-state index contributed by atoms with van der Waals surface area (Å²) in [6.07, 6.45) is -1.24. The van der Waals surface area contributed by atoms with Crippen LogP contribution in [0.2, 0.25) is 0 Å². The largest absolute Gasteiger partial charge is 0.399 e. The summed E-state index contributed by atoms with van der Waals surface area (Å²) in [5, 5.41) is 9.79. The number of alkyl halides is 1. The molecule has 6 heteroatoms. The van der Waals surface area contributed by atoms with Crippen molar-refractivity contribution in [2.45, 2.75) is 17.7 Å². The molecule has 16 heavy (non-hydrogen) atoms. The molecular formula is C10H14ClNO3S. The van der Waals surface area contributed by atoms with Gasteiger partial charge in [-0.1, -0.05) is 19.1 Å². The number of sulfone groups is 1. The quantitative estimate of drug-likeness (QED) is 0.634. The topological polar surface area (TPSA) is 80.4 Å². The summed E-state index contributed by atoms with van der Waals surface area (Å²) >= 11 is 5.73. The first-order valence-corrected chi connectivity index (χ1v) is 6.93. The minimum absolute atomic E-state index is 0.104. The van der Waals surface area contributed by atoms with Gasteiger partial charge in [-0.05, 0) is 17.7 Å². The molecule has 0 bridgehead atoms. The fraction of sp³-hybridized carbons (Fsp3) is 0.400. The molecule has 2 atom stereocenters. The molecule has 0 radical (unpaired) electrons. The van der Waals surface area contributed by atoms with Gasteiger partial charge in [-0.3, -0.25) is 0 Å². The fourth-order valence-electron chi connectivity index (χ4n) is 1.20. The molecule has 0 aliphatic carbocycles. The predicted octanol–water partition coefficient (Wildman–Crippen LogP) is 1.30. The molecule has 0 fully saturated rings. The van der Waals surface area contributed by atoms with Crippen molar-refractivity contribution in [3.63, 3.8) is 0 Å². The summed E-state index contributed by atoms with van der Waals surface area (Å²) in [6, 6.07) is 6.28. The van der Waals surface area contributed by atoms with Crippen LogP contribution in [0.25, 0.3) is 0 Å². The van der Waals surface area contributed by atoms with Crippen LogP contribution in [0.1, 0.15) is 18.6 Å². The second kappa shape index (κ2) is 5.03. The van der Waals surface area contributed by atoms with Gasteiger partial charge in [0.25, 0.3) is 0 Å². The van der Waals surface area contributed by atoms with Crippen molar-refractivity contribution < 1.29 is 13.5 Å². The zero-order chi connectivity index (χ0) is 12.3. The molecule has 0 aliphatic heterocycles. The van der Waals surface area contributed by atoms with E-state index >= 15 is 0 Å². The van der Waals surface area contributed by atoms with E-state index in [2.05, 4.69) is 0 Å². The molecule has 1 rings (SSSR count). The van der Waals surface area contributed by atoms with E-state index < -0.39 is 20.7 Å². The van der Waals surface area contributed by atoms with E-state index in [4.69, 9.17) is 17.3 Å². The summed E-state index contributed by atoms with van der Waals surface area (Å²) in [5.74, 6) is -0.104. The molecule has 1 aromatic rings. The summed E-state index contributed by atoms with van der Waals surface area (Å²) < 4.78 is 21.6. The highest BCUT2D eigenvalue weighted by molar-refractivity contribution is 7.93. The lowest BCUT2D eigenvalue weighted by Crippen LogP contribution is -2.24. The Morgan fingerprint density at radius 3 is 2.31 bits per heavy atom. The molecule has 0 saturated heterocycles. The Balaban J connectivity index is 2.94. The van der Waals surface area contributed by atoms with Crippen molar-refractivity contribution in [3.8, 4) is 0 Å². The Labute approximate surface area is 100.0 Å². The molecule has 3 N–H and O–H groups in total. The molecule has 0 saturated carbocycles. The summed E-state index contributed by atoms with van der Waals surface area (Å²) in [4.78, 5) is 0. The lowest BCUT2D eigenvalue weighted by atomic mass is 10.1. The molecule has 0 aromatic heterocycles. The van der Waals surface area contributed by atoms with Gasteiger partial charge in [0.15, 0.2) is 14.5 Å². The number of benzene rings is 1. The van der Waals surface area contributed by atoms with Crippen LogP contribution in [0.4, 0.5) is 5.69 Å². The van der Waals surface area contributed by atoms with Gasteiger partial charge in [0.05, 0.1) is 0 Å². The maximum atomic E-state index is 11.5. The third kappa shape index (κ3) is 2.87. The first-order chi connectivity index (χ1) is 7.38. The molecule has 90 valence electrons. The van der Waals surface area contributed by atoms with Crippen LogP contribution in [-0.2, 0) is 9.84 Å². The van der Waals surface area contributed by atoms with Crippen molar-refractivity contribution in [1.82, 2.24) is 0 Å². The van der Waals surface area contributed by atoms with Crippen LogP contribution < -0.4 is 5.73 Å². The first-order valence-electron chi connectivity index (χ1n) is 4.77. The number of halogens is 1. The van der Waals surface area contributed by atoms with Crippen LogP contribution in [0.15, 0.2) is 24.3 Å². The summed E-state index contributed by atoms with van der Waals surface area (Å²) in [6.45, 7) is 1.49. The monoisotopic (exact) mass is 263 g/mol. The number of nitrogens with two attached hydrogens (primary N) is 1. The number of anilines is 1. The number of hydrogen-bond donors (Lipinski definition) is 2. The van der Waals surface area contributed by atoms with E-state index in [-0.39, 0.29) is 5.75 Å². The third-order valence-corrected chi connectivity index (χ3v) is 5.07. The van der Waals surface area contributed by atoms with Crippen molar-refractivity contribution in [3.05, 3.63) is 29.8 Å². The molecule has 0 unspecified atom stereocenters. The molecule has 1 aromatic carbocycles. The Morgan fingerprint density at radius 2 is 1.88 bits per heavy atom. The Bertz CT molecular complexity index is 444. The van der Waals surface area contributed by atoms with Crippen LogP contribution in [0, 0.1) is 0 Å². The minimum atomic E-state index is -3.47. The second-order valence-electron chi connectivity index (χ2n) is 3.41. The number of hydrogen-bond acceptors (Lipinski definition) is 4. The van der Waals surface area contributed by atoms with E-state index in [9.17, 15) is 13.5 Å². The van der Waals surface area contributed by atoms with Gasteiger partial charge >= 0.3 is 0 Å². The zero-order valence-electron chi connectivity index (χ0n) is 8.80. The highest BCUT2D eigenvalue weighted by Crippen LogP contribution is 2.26. The fourth-order valence-corrected chi connectivity index (χ4v) is 2.59. The van der Waals surface area contributed by atoms with Crippen molar-refractivity contribution in [2.75, 3.05) is 11.5 Å². The molecule has 0 heterocycles. The normalized spacial score (nSPS) is 15.7. The molecule has 0 spiro atoms. The Hall–Kier alpha value is -0.780. The maximum Gasteiger partial charge on any atom is 0.169 e. The van der Waals surface area contributed by atoms with E-state index in [1.165, 1.54) is 6.92 Å². The standard InChI is InChI=1S/C10H14ClNO3S/c1-2-16(14,15)10(11)9(13)7-3-5-8(12)6-4-7/h3-6,9-10,13H,2,12H2,1H3/t9-,10+/m1/s1. The van der Waals surface area contributed by atoms with Crippen molar-refractivity contribution in [2.24, 2.45) is 0 Å².